The van der Waals surface area contributed by atoms with Crippen molar-refractivity contribution in [3.05, 3.63) is 53.9 Å². The second kappa shape index (κ2) is 9.32. The molecular formula is C24H33N5O3. The second-order valence-corrected chi connectivity index (χ2v) is 9.61. The van der Waals surface area contributed by atoms with Crippen LogP contribution in [0.4, 0.5) is 4.79 Å². The van der Waals surface area contributed by atoms with Gasteiger partial charge < -0.3 is 14.5 Å². The summed E-state index contributed by atoms with van der Waals surface area (Å²) in [6.45, 7) is 10.7. The summed E-state index contributed by atoms with van der Waals surface area (Å²) < 4.78 is 7.29. The number of likely N-dealkylation sites (tertiary alicyclic amines) is 1. The molecule has 1 atom stereocenters. The Balaban J connectivity index is 1.27. The van der Waals surface area contributed by atoms with Crippen LogP contribution in [0.1, 0.15) is 43.1 Å². The van der Waals surface area contributed by atoms with Crippen LogP contribution >= 0.6 is 0 Å². The molecular weight excluding hydrogens is 406 g/mol. The largest absolute Gasteiger partial charge is 0.444 e. The normalized spacial score (nSPS) is 19.9. The van der Waals surface area contributed by atoms with Crippen molar-refractivity contribution in [3.63, 3.8) is 0 Å². The highest BCUT2D eigenvalue weighted by atomic mass is 16.6. The van der Waals surface area contributed by atoms with Gasteiger partial charge in [-0.05, 0) is 32.8 Å². The van der Waals surface area contributed by atoms with E-state index in [4.69, 9.17) is 4.74 Å². The number of hydrogen-bond acceptors (Lipinski definition) is 5. The van der Waals surface area contributed by atoms with Crippen molar-refractivity contribution in [1.29, 1.82) is 0 Å². The third kappa shape index (κ3) is 5.48. The van der Waals surface area contributed by atoms with Crippen LogP contribution in [0.3, 0.4) is 0 Å². The van der Waals surface area contributed by atoms with E-state index in [1.54, 1.807) is 11.1 Å². The molecule has 32 heavy (non-hydrogen) atoms. The van der Waals surface area contributed by atoms with E-state index in [1.807, 2.05) is 54.7 Å². The van der Waals surface area contributed by atoms with Gasteiger partial charge >= 0.3 is 6.09 Å². The van der Waals surface area contributed by atoms with Crippen LogP contribution in [0.5, 0.6) is 0 Å². The van der Waals surface area contributed by atoms with Gasteiger partial charge in [0.15, 0.2) is 0 Å². The van der Waals surface area contributed by atoms with Gasteiger partial charge in [-0.15, -0.1) is 0 Å². The van der Waals surface area contributed by atoms with E-state index in [1.165, 1.54) is 0 Å². The molecule has 2 aliphatic heterocycles. The fourth-order valence-corrected chi connectivity index (χ4v) is 4.33. The van der Waals surface area contributed by atoms with Crippen LogP contribution in [-0.4, -0.2) is 87.4 Å². The van der Waals surface area contributed by atoms with E-state index in [-0.39, 0.29) is 12.0 Å². The number of carbonyl (C=O) groups is 2. The number of amides is 2. The zero-order chi connectivity index (χ0) is 22.7. The lowest BCUT2D eigenvalue weighted by atomic mass is 10.2. The number of nitrogens with zero attached hydrogens (tertiary/aromatic N) is 5. The van der Waals surface area contributed by atoms with E-state index in [9.17, 15) is 9.59 Å². The average Bonchev–Trinajstić information content (AvgIpc) is 3.43. The maximum atomic E-state index is 13.0. The van der Waals surface area contributed by atoms with E-state index in [2.05, 4.69) is 22.1 Å². The Labute approximate surface area is 189 Å². The molecule has 1 aromatic heterocycles. The quantitative estimate of drug-likeness (QED) is 0.733. The Morgan fingerprint density at radius 3 is 2.44 bits per heavy atom. The van der Waals surface area contributed by atoms with Crippen LogP contribution in [0.2, 0.25) is 0 Å². The molecule has 0 bridgehead atoms. The summed E-state index contributed by atoms with van der Waals surface area (Å²) in [5, 5.41) is 4.37. The fourth-order valence-electron chi connectivity index (χ4n) is 4.33. The molecule has 3 heterocycles. The van der Waals surface area contributed by atoms with E-state index in [0.29, 0.717) is 31.2 Å². The molecule has 1 aromatic carbocycles. The van der Waals surface area contributed by atoms with Crippen LogP contribution in [0.25, 0.3) is 0 Å². The van der Waals surface area contributed by atoms with E-state index < -0.39 is 5.60 Å². The van der Waals surface area contributed by atoms with Gasteiger partial charge in [-0.2, -0.15) is 5.10 Å². The van der Waals surface area contributed by atoms with E-state index >= 15 is 0 Å². The molecule has 0 unspecified atom stereocenters. The molecule has 8 nitrogen and oxygen atoms in total. The summed E-state index contributed by atoms with van der Waals surface area (Å²) in [5.41, 5.74) is 1.31. The third-order valence-corrected chi connectivity index (χ3v) is 6.00. The molecule has 8 heteroatoms. The van der Waals surface area contributed by atoms with Crippen LogP contribution in [-0.2, 0) is 11.3 Å². The van der Waals surface area contributed by atoms with E-state index in [0.717, 1.165) is 38.2 Å². The zero-order valence-electron chi connectivity index (χ0n) is 19.2. The van der Waals surface area contributed by atoms with Crippen LogP contribution in [0.15, 0.2) is 42.7 Å². The standard InChI is InChI=1S/C24H33N5O3/c1-24(2,3)32-23(31)27-13-11-26(12-14-27)21-9-10-28(18-21)22(30)20-15-25-29(17-20)16-19-7-5-4-6-8-19/h4-8,15,17,21H,9-14,16,18H2,1-3H3/t21-/m0/s1. The van der Waals surface area contributed by atoms with Gasteiger partial charge in [0.1, 0.15) is 5.60 Å². The summed E-state index contributed by atoms with van der Waals surface area (Å²) in [4.78, 5) is 31.4. The topological polar surface area (TPSA) is 70.9 Å². The smallest absolute Gasteiger partial charge is 0.410 e. The van der Waals surface area contributed by atoms with Gasteiger partial charge in [-0.3, -0.25) is 14.4 Å². The molecule has 0 radical (unpaired) electrons. The molecule has 2 aliphatic rings. The van der Waals surface area contributed by atoms with Crippen molar-refractivity contribution in [2.45, 2.75) is 45.4 Å². The van der Waals surface area contributed by atoms with Gasteiger partial charge in [0.05, 0.1) is 18.3 Å². The van der Waals surface area contributed by atoms with Gasteiger partial charge in [0.2, 0.25) is 0 Å². The van der Waals surface area contributed by atoms with Gasteiger partial charge in [0, 0.05) is 51.5 Å². The highest BCUT2D eigenvalue weighted by molar-refractivity contribution is 5.94. The first-order valence-electron chi connectivity index (χ1n) is 11.4. The minimum atomic E-state index is -0.477. The minimum Gasteiger partial charge on any atom is -0.444 e. The maximum absolute atomic E-state index is 13.0. The molecule has 0 N–H and O–H groups in total. The molecule has 0 aliphatic carbocycles. The first-order valence-corrected chi connectivity index (χ1v) is 11.4. The maximum Gasteiger partial charge on any atom is 0.410 e. The molecule has 0 spiro atoms. The number of piperazine rings is 1. The average molecular weight is 440 g/mol. The molecule has 0 saturated carbocycles. The Hall–Kier alpha value is -2.87. The van der Waals surface area contributed by atoms with Crippen LogP contribution in [0, 0.1) is 0 Å². The summed E-state index contributed by atoms with van der Waals surface area (Å²) in [5.74, 6) is 0.0409. The summed E-state index contributed by atoms with van der Waals surface area (Å²) >= 11 is 0. The summed E-state index contributed by atoms with van der Waals surface area (Å²) in [6, 6.07) is 10.4. The molecule has 4 rings (SSSR count). The number of carbonyl (C=O) groups excluding carboxylic acids is 2. The lowest BCUT2D eigenvalue weighted by molar-refractivity contribution is 0.0108. The number of rotatable bonds is 4. The second-order valence-electron chi connectivity index (χ2n) is 9.61. The summed E-state index contributed by atoms with van der Waals surface area (Å²) in [6.07, 6.45) is 4.21. The van der Waals surface area contributed by atoms with Crippen molar-refractivity contribution in [3.8, 4) is 0 Å². The third-order valence-electron chi connectivity index (χ3n) is 6.00. The first kappa shape index (κ1) is 22.3. The molecule has 172 valence electrons. The van der Waals surface area contributed by atoms with Gasteiger partial charge in [-0.25, -0.2) is 4.79 Å². The lowest BCUT2D eigenvalue weighted by Crippen LogP contribution is -2.53. The minimum absolute atomic E-state index is 0.0409. The zero-order valence-corrected chi connectivity index (χ0v) is 19.2. The molecule has 2 amide bonds. The molecule has 2 aromatic rings. The first-order chi connectivity index (χ1) is 15.3. The highest BCUT2D eigenvalue weighted by Gasteiger charge is 2.34. The number of ether oxygens (including phenoxy) is 1. The number of hydrogen-bond donors (Lipinski definition) is 0. The van der Waals surface area contributed by atoms with Crippen LogP contribution < -0.4 is 0 Å². The Kier molecular flexibility index (Phi) is 6.50. The van der Waals surface area contributed by atoms with Crippen molar-refractivity contribution in [1.82, 2.24) is 24.5 Å². The van der Waals surface area contributed by atoms with Gasteiger partial charge in [0.25, 0.3) is 5.91 Å². The molecule has 2 fully saturated rings. The SMILES string of the molecule is CC(C)(C)OC(=O)N1CCN([C@H]2CCN(C(=O)c3cnn(Cc4ccccc4)c3)C2)CC1. The lowest BCUT2D eigenvalue weighted by Gasteiger charge is -2.38. The fraction of sp³-hybridized carbons (Fsp3) is 0.542. The van der Waals surface area contributed by atoms with Crippen molar-refractivity contribution >= 4 is 12.0 Å². The van der Waals surface area contributed by atoms with Gasteiger partial charge in [-0.1, -0.05) is 30.3 Å². The Morgan fingerprint density at radius 2 is 1.75 bits per heavy atom. The number of aromatic nitrogens is 2. The predicted molar refractivity (Wildman–Crippen MR) is 121 cm³/mol. The number of benzene rings is 1. The highest BCUT2D eigenvalue weighted by Crippen LogP contribution is 2.20. The van der Waals surface area contributed by atoms with Crippen molar-refractivity contribution in [2.24, 2.45) is 0 Å². The predicted octanol–water partition coefficient (Wildman–Crippen LogP) is 2.70. The molecule has 2 saturated heterocycles. The van der Waals surface area contributed by atoms with Crippen molar-refractivity contribution < 1.29 is 14.3 Å². The monoisotopic (exact) mass is 439 g/mol. The Morgan fingerprint density at radius 1 is 1.03 bits per heavy atom. The van der Waals surface area contributed by atoms with Crippen molar-refractivity contribution in [2.75, 3.05) is 39.3 Å². The Bertz CT molecular complexity index is 929. The summed E-state index contributed by atoms with van der Waals surface area (Å²) in [7, 11) is 0.